The second kappa shape index (κ2) is 13.3. The topological polar surface area (TPSA) is 71.4 Å². The van der Waals surface area contributed by atoms with Crippen LogP contribution in [0.3, 0.4) is 0 Å². The first-order valence-corrected chi connectivity index (χ1v) is 16.5. The van der Waals surface area contributed by atoms with E-state index in [2.05, 4.69) is 14.7 Å². The molecule has 0 bridgehead atoms. The van der Waals surface area contributed by atoms with E-state index in [-0.39, 0.29) is 41.1 Å². The highest BCUT2D eigenvalue weighted by Gasteiger charge is 2.44. The first kappa shape index (κ1) is 35.3. The molecule has 2 fully saturated rings. The molecule has 2 atom stereocenters. The summed E-state index contributed by atoms with van der Waals surface area (Å²) in [6.07, 6.45) is -4.23. The summed E-state index contributed by atoms with van der Waals surface area (Å²) in [4.78, 5) is 15.2. The van der Waals surface area contributed by atoms with E-state index < -0.39 is 55.3 Å². The fourth-order valence-corrected chi connectivity index (χ4v) is 7.71. The Balaban J connectivity index is 1.42. The first-order chi connectivity index (χ1) is 23.0. The monoisotopic (exact) mass is 698 g/mol. The van der Waals surface area contributed by atoms with Crippen molar-refractivity contribution >= 4 is 5.95 Å². The van der Waals surface area contributed by atoms with Crippen molar-refractivity contribution in [2.45, 2.75) is 108 Å². The van der Waals surface area contributed by atoms with Crippen LogP contribution in [0, 0.1) is 5.41 Å². The molecule has 14 heteroatoms. The third-order valence-electron chi connectivity index (χ3n) is 10.1. The number of ether oxygens (including phenoxy) is 1. The van der Waals surface area contributed by atoms with Crippen LogP contribution in [0.25, 0.3) is 0 Å². The van der Waals surface area contributed by atoms with E-state index in [1.54, 1.807) is 0 Å². The quantitative estimate of drug-likeness (QED) is 0.248. The lowest BCUT2D eigenvalue weighted by Crippen LogP contribution is -2.36. The van der Waals surface area contributed by atoms with Crippen LogP contribution in [0.4, 0.5) is 41.1 Å². The van der Waals surface area contributed by atoms with Crippen molar-refractivity contribution in [2.75, 3.05) is 18.0 Å². The van der Waals surface area contributed by atoms with E-state index in [4.69, 9.17) is 4.98 Å². The van der Waals surface area contributed by atoms with Crippen molar-refractivity contribution in [3.8, 4) is 5.75 Å². The largest absolute Gasteiger partial charge is 0.432 e. The van der Waals surface area contributed by atoms with Crippen LogP contribution in [0.2, 0.25) is 0 Å². The molecule has 3 aliphatic rings. The zero-order chi connectivity index (χ0) is 35.3. The molecule has 1 N–H and O–H groups in total. The van der Waals surface area contributed by atoms with Gasteiger partial charge in [-0.3, -0.25) is 4.98 Å². The Morgan fingerprint density at radius 1 is 0.898 bits per heavy atom. The highest BCUT2D eigenvalue weighted by atomic mass is 19.4. The number of benzene rings is 1. The lowest BCUT2D eigenvalue weighted by Gasteiger charge is -2.41. The van der Waals surface area contributed by atoms with Crippen molar-refractivity contribution in [2.24, 2.45) is 5.41 Å². The minimum Gasteiger partial charge on any atom is -0.432 e. The van der Waals surface area contributed by atoms with Gasteiger partial charge in [-0.05, 0) is 73.1 Å². The Hall–Kier alpha value is -3.55. The molecule has 1 saturated heterocycles. The van der Waals surface area contributed by atoms with Gasteiger partial charge in [-0.1, -0.05) is 26.0 Å². The number of aromatic nitrogens is 3. The van der Waals surface area contributed by atoms with E-state index in [9.17, 15) is 35.8 Å². The summed E-state index contributed by atoms with van der Waals surface area (Å²) < 4.78 is 116. The normalized spacial score (nSPS) is 22.2. The van der Waals surface area contributed by atoms with Gasteiger partial charge in [-0.25, -0.2) is 23.1 Å². The van der Waals surface area contributed by atoms with Gasteiger partial charge in [0, 0.05) is 48.7 Å². The predicted octanol–water partition coefficient (Wildman–Crippen LogP) is 9.23. The summed E-state index contributed by atoms with van der Waals surface area (Å²) in [5, 5.41) is 11.5. The lowest BCUT2D eigenvalue weighted by molar-refractivity contribution is -0.137. The number of aliphatic hydroxyl groups excluding tert-OH is 1. The Kier molecular flexibility index (Phi) is 9.57. The molecule has 49 heavy (non-hydrogen) atoms. The van der Waals surface area contributed by atoms with E-state index >= 15 is 4.39 Å². The van der Waals surface area contributed by atoms with Crippen LogP contribution < -0.4 is 9.64 Å². The molecule has 0 radical (unpaired) electrons. The van der Waals surface area contributed by atoms with E-state index in [0.717, 1.165) is 36.7 Å². The van der Waals surface area contributed by atoms with E-state index in [0.29, 0.717) is 67.2 Å². The van der Waals surface area contributed by atoms with Crippen molar-refractivity contribution < 1.29 is 45.0 Å². The Morgan fingerprint density at radius 2 is 1.51 bits per heavy atom. The average molecular weight is 699 g/mol. The molecule has 0 amide bonds. The second-order valence-electron chi connectivity index (χ2n) is 14.2. The molecule has 3 heterocycles. The molecule has 266 valence electrons. The highest BCUT2D eigenvalue weighted by molar-refractivity contribution is 5.51. The maximum atomic E-state index is 17.2. The smallest absolute Gasteiger partial charge is 0.416 e. The number of hydrogen-bond donors (Lipinski definition) is 1. The van der Waals surface area contributed by atoms with Gasteiger partial charge >= 0.3 is 12.8 Å². The number of halogens is 8. The van der Waals surface area contributed by atoms with Gasteiger partial charge in [0.15, 0.2) is 11.9 Å². The standard InChI is InChI=1S/C35H38F8N4O2/c1-33(2)15-24-27(25(48)16-33)26(19-7-11-34(39,40)12-8-19)28(29(36)20-3-5-22(6-4-20)35(41,42)43)30(46-24)21-9-13-47(14-10-21)32-44-17-23(18-45-32)49-31(37)38/h3-6,17-19,21,25,29,31,48H,7-16H2,1-2H3/t25-,29?/m0/s1. The van der Waals surface area contributed by atoms with Crippen LogP contribution >= 0.6 is 0 Å². The zero-order valence-electron chi connectivity index (χ0n) is 27.1. The van der Waals surface area contributed by atoms with Gasteiger partial charge in [-0.2, -0.15) is 22.0 Å². The van der Waals surface area contributed by atoms with E-state index in [1.807, 2.05) is 18.7 Å². The summed E-state index contributed by atoms with van der Waals surface area (Å²) in [5.74, 6) is -3.59. The van der Waals surface area contributed by atoms with Crippen LogP contribution in [-0.2, 0) is 12.6 Å². The number of pyridine rings is 1. The number of fused-ring (bicyclic) bond motifs is 1. The Labute approximate surface area is 278 Å². The highest BCUT2D eigenvalue weighted by Crippen LogP contribution is 2.52. The summed E-state index contributed by atoms with van der Waals surface area (Å²) >= 11 is 0. The van der Waals surface area contributed by atoms with Gasteiger partial charge in [0.05, 0.1) is 29.8 Å². The van der Waals surface area contributed by atoms with Crippen molar-refractivity contribution in [3.63, 3.8) is 0 Å². The third kappa shape index (κ3) is 7.63. The summed E-state index contributed by atoms with van der Waals surface area (Å²) in [5.41, 5.74) is 0.781. The molecule has 1 saturated carbocycles. The average Bonchev–Trinajstić information content (AvgIpc) is 3.03. The first-order valence-electron chi connectivity index (χ1n) is 16.5. The van der Waals surface area contributed by atoms with Gasteiger partial charge in [0.25, 0.3) is 0 Å². The van der Waals surface area contributed by atoms with Crippen LogP contribution in [0.15, 0.2) is 36.7 Å². The number of piperidine rings is 1. The lowest BCUT2D eigenvalue weighted by atomic mass is 9.68. The number of rotatable bonds is 7. The van der Waals surface area contributed by atoms with Gasteiger partial charge < -0.3 is 14.7 Å². The molecule has 0 spiro atoms. The number of alkyl halides is 8. The SMILES string of the molecule is CC1(C)Cc2nc(C3CCN(c4ncc(OC(F)F)cn4)CC3)c(C(F)c3ccc(C(F)(F)F)cc3)c(C3CCC(F)(F)CC3)c2[C@@H](O)C1. The minimum atomic E-state index is -4.62. The summed E-state index contributed by atoms with van der Waals surface area (Å²) in [6, 6.07) is 3.83. The summed E-state index contributed by atoms with van der Waals surface area (Å²) in [7, 11) is 0. The van der Waals surface area contributed by atoms with Crippen molar-refractivity contribution in [1.82, 2.24) is 15.0 Å². The fraction of sp³-hybridized carbons (Fsp3) is 0.571. The van der Waals surface area contributed by atoms with Gasteiger partial charge in [-0.15, -0.1) is 0 Å². The second-order valence-corrected chi connectivity index (χ2v) is 14.2. The zero-order valence-corrected chi connectivity index (χ0v) is 27.1. The van der Waals surface area contributed by atoms with Crippen LogP contribution in [0.1, 0.15) is 122 Å². The van der Waals surface area contributed by atoms with Gasteiger partial charge in [0.2, 0.25) is 11.9 Å². The van der Waals surface area contributed by atoms with Crippen molar-refractivity contribution in [1.29, 1.82) is 0 Å². The molecule has 6 nitrogen and oxygen atoms in total. The van der Waals surface area contributed by atoms with Gasteiger partial charge in [0.1, 0.15) is 0 Å². The third-order valence-corrected chi connectivity index (χ3v) is 10.1. The molecule has 3 aromatic rings. The molecule has 1 aromatic carbocycles. The molecule has 2 aromatic heterocycles. The number of anilines is 1. The fourth-order valence-electron chi connectivity index (χ4n) is 7.71. The molecule has 1 unspecified atom stereocenters. The minimum absolute atomic E-state index is 0.0269. The Bertz CT molecular complexity index is 1610. The number of nitrogens with zero attached hydrogens (tertiary/aromatic N) is 4. The number of aliphatic hydroxyl groups is 1. The maximum Gasteiger partial charge on any atom is 0.416 e. The van der Waals surface area contributed by atoms with Crippen LogP contribution in [0.5, 0.6) is 5.75 Å². The maximum absolute atomic E-state index is 17.2. The van der Waals surface area contributed by atoms with E-state index in [1.165, 1.54) is 0 Å². The molecule has 1 aliphatic heterocycles. The molecular weight excluding hydrogens is 660 g/mol. The van der Waals surface area contributed by atoms with Crippen LogP contribution in [-0.4, -0.2) is 45.7 Å². The molecule has 2 aliphatic carbocycles. The molecular formula is C35H38F8N4O2. The van der Waals surface area contributed by atoms with Crippen molar-refractivity contribution in [3.05, 3.63) is 75.9 Å². The number of hydrogen-bond acceptors (Lipinski definition) is 6. The Morgan fingerprint density at radius 3 is 2.08 bits per heavy atom. The summed E-state index contributed by atoms with van der Waals surface area (Å²) in [6.45, 7) is 1.76. The molecule has 6 rings (SSSR count). The predicted molar refractivity (Wildman–Crippen MR) is 165 cm³/mol.